The highest BCUT2D eigenvalue weighted by molar-refractivity contribution is 5.84. The van der Waals surface area contributed by atoms with E-state index in [1.165, 1.54) is 50.6 Å². The monoisotopic (exact) mass is 373 g/mol. The second-order valence-electron chi connectivity index (χ2n) is 5.03. The molecule has 0 radical (unpaired) electrons. The van der Waals surface area contributed by atoms with Crippen LogP contribution in [0.5, 0.6) is 11.5 Å². The molecule has 2 rings (SSSR count). The van der Waals surface area contributed by atoms with Crippen molar-refractivity contribution in [2.75, 3.05) is 19.5 Å². The third-order valence-corrected chi connectivity index (χ3v) is 3.41. The van der Waals surface area contributed by atoms with Crippen molar-refractivity contribution in [2.45, 2.75) is 6.61 Å². The summed E-state index contributed by atoms with van der Waals surface area (Å²) in [5, 5.41) is 17.1. The number of carbonyl (C=O) groups is 1. The van der Waals surface area contributed by atoms with Crippen LogP contribution < -0.4 is 14.8 Å². The van der Waals surface area contributed by atoms with Crippen molar-refractivity contribution in [3.63, 3.8) is 0 Å². The molecule has 0 fully saturated rings. The van der Waals surface area contributed by atoms with Gasteiger partial charge in [-0.1, -0.05) is 17.2 Å². The molecule has 0 saturated heterocycles. The minimum absolute atomic E-state index is 0.145. The summed E-state index contributed by atoms with van der Waals surface area (Å²) in [6, 6.07) is 8.63. The number of hydrogen-bond donors (Lipinski definition) is 1. The first-order valence-corrected chi connectivity index (χ1v) is 7.46. The van der Waals surface area contributed by atoms with Crippen LogP contribution in [0.4, 0.5) is 21.9 Å². The Kier molecular flexibility index (Phi) is 6.39. The van der Waals surface area contributed by atoms with Crippen LogP contribution >= 0.6 is 0 Å². The molecule has 0 aromatic heterocycles. The summed E-state index contributed by atoms with van der Waals surface area (Å²) in [5.74, 6) is 0.466. The fourth-order valence-corrected chi connectivity index (χ4v) is 2.16. The lowest BCUT2D eigenvalue weighted by molar-refractivity contribution is -0.385. The molecule has 0 unspecified atom stereocenters. The van der Waals surface area contributed by atoms with E-state index in [0.717, 1.165) is 0 Å². The van der Waals surface area contributed by atoms with Gasteiger partial charge in [0, 0.05) is 16.3 Å². The van der Waals surface area contributed by atoms with E-state index >= 15 is 0 Å². The Labute approximate surface area is 153 Å². The predicted molar refractivity (Wildman–Crippen MR) is 95.3 cm³/mol. The van der Waals surface area contributed by atoms with Gasteiger partial charge in [-0.25, -0.2) is 4.79 Å². The smallest absolute Gasteiger partial charge is 0.411 e. The van der Waals surface area contributed by atoms with Gasteiger partial charge in [-0.3, -0.25) is 15.4 Å². The molecule has 0 saturated carbocycles. The number of nitrogens with zero attached hydrogens (tertiary/aromatic N) is 4. The van der Waals surface area contributed by atoms with Crippen LogP contribution in [0, 0.1) is 10.1 Å². The summed E-state index contributed by atoms with van der Waals surface area (Å²) >= 11 is 0. The normalized spacial score (nSPS) is 9.70. The quantitative estimate of drug-likeness (QED) is 0.251. The average molecular weight is 373 g/mol. The third-order valence-electron chi connectivity index (χ3n) is 3.41. The molecule has 0 aliphatic carbocycles. The summed E-state index contributed by atoms with van der Waals surface area (Å²) in [6.45, 7) is -0.348. The molecule has 11 nitrogen and oxygen atoms in total. The van der Waals surface area contributed by atoms with E-state index < -0.39 is 11.0 Å². The first-order chi connectivity index (χ1) is 13.0. The standard InChI is InChI=1S/C16H15N5O6/c1-25-14-7-10(13(21(23)24)8-15(14)26-2)9-27-16(22)18-11-3-5-12(6-4-11)19-20-17/h3-8H,9H2,1-2H3,(H,18,22). The SMILES string of the molecule is COc1cc(COC(=O)Nc2ccc(N=[N+]=[N-])cc2)c([N+](=O)[O-])cc1OC. The minimum atomic E-state index is -0.810. The van der Waals surface area contributed by atoms with Crippen molar-refractivity contribution < 1.29 is 23.9 Å². The maximum absolute atomic E-state index is 11.9. The molecule has 0 aliphatic rings. The van der Waals surface area contributed by atoms with Crippen molar-refractivity contribution in [1.29, 1.82) is 0 Å². The fraction of sp³-hybridized carbons (Fsp3) is 0.188. The third kappa shape index (κ3) is 5.00. The van der Waals surface area contributed by atoms with E-state index in [4.69, 9.17) is 19.7 Å². The zero-order valence-electron chi connectivity index (χ0n) is 14.4. The highest BCUT2D eigenvalue weighted by atomic mass is 16.6. The Balaban J connectivity index is 2.09. The summed E-state index contributed by atoms with van der Waals surface area (Å²) in [6.07, 6.45) is -0.810. The number of azide groups is 1. The Bertz CT molecular complexity index is 893. The number of benzene rings is 2. The highest BCUT2D eigenvalue weighted by Gasteiger charge is 2.20. The molecular formula is C16H15N5O6. The molecule has 2 aromatic rings. The molecule has 1 N–H and O–H groups in total. The second-order valence-corrected chi connectivity index (χ2v) is 5.03. The van der Waals surface area contributed by atoms with E-state index in [9.17, 15) is 14.9 Å². The summed E-state index contributed by atoms with van der Waals surface area (Å²) in [7, 11) is 2.75. The number of anilines is 1. The number of methoxy groups -OCH3 is 2. The van der Waals surface area contributed by atoms with Gasteiger partial charge in [0.2, 0.25) is 0 Å². The Morgan fingerprint density at radius 2 is 1.85 bits per heavy atom. The summed E-state index contributed by atoms with van der Waals surface area (Å²) < 4.78 is 15.2. The van der Waals surface area contributed by atoms with E-state index in [1.54, 1.807) is 0 Å². The van der Waals surface area contributed by atoms with Crippen molar-refractivity contribution in [3.05, 3.63) is 62.5 Å². The molecule has 2 aromatic carbocycles. The Hall–Kier alpha value is -3.98. The van der Waals surface area contributed by atoms with Crippen molar-refractivity contribution in [1.82, 2.24) is 0 Å². The van der Waals surface area contributed by atoms with Gasteiger partial charge in [-0.2, -0.15) is 0 Å². The number of rotatable bonds is 7. The number of nitro benzene ring substituents is 1. The number of ether oxygens (including phenoxy) is 3. The van der Waals surface area contributed by atoms with E-state index in [-0.39, 0.29) is 29.4 Å². The number of amides is 1. The van der Waals surface area contributed by atoms with Crippen molar-refractivity contribution in [2.24, 2.45) is 5.11 Å². The van der Waals surface area contributed by atoms with E-state index in [2.05, 4.69) is 15.3 Å². The molecule has 0 heterocycles. The Morgan fingerprint density at radius 3 is 2.41 bits per heavy atom. The lowest BCUT2D eigenvalue weighted by atomic mass is 10.1. The van der Waals surface area contributed by atoms with Crippen LogP contribution in [0.15, 0.2) is 41.5 Å². The molecule has 0 aliphatic heterocycles. The van der Waals surface area contributed by atoms with Crippen molar-refractivity contribution in [3.8, 4) is 11.5 Å². The van der Waals surface area contributed by atoms with Gasteiger partial charge in [-0.15, -0.1) is 0 Å². The summed E-state index contributed by atoms with van der Waals surface area (Å²) in [5.41, 5.74) is 9.02. The van der Waals surface area contributed by atoms with Gasteiger partial charge in [0.25, 0.3) is 5.69 Å². The Morgan fingerprint density at radius 1 is 1.22 bits per heavy atom. The molecule has 140 valence electrons. The van der Waals surface area contributed by atoms with Crippen LogP contribution in [0.25, 0.3) is 10.4 Å². The zero-order chi connectivity index (χ0) is 19.8. The van der Waals surface area contributed by atoms with Crippen LogP contribution in [0.3, 0.4) is 0 Å². The first kappa shape index (κ1) is 19.3. The molecular weight excluding hydrogens is 358 g/mol. The second kappa shape index (κ2) is 8.92. The maximum Gasteiger partial charge on any atom is 0.411 e. The number of carbonyl (C=O) groups excluding carboxylic acids is 1. The van der Waals surface area contributed by atoms with Crippen LogP contribution in [0.1, 0.15) is 5.56 Å². The highest BCUT2D eigenvalue weighted by Crippen LogP contribution is 2.34. The molecule has 27 heavy (non-hydrogen) atoms. The zero-order valence-corrected chi connectivity index (χ0v) is 14.4. The van der Waals surface area contributed by atoms with Gasteiger partial charge in [0.05, 0.1) is 30.8 Å². The number of nitrogens with one attached hydrogen (secondary N) is 1. The lowest BCUT2D eigenvalue weighted by Crippen LogP contribution is -2.14. The van der Waals surface area contributed by atoms with Gasteiger partial charge in [0.1, 0.15) is 6.61 Å². The average Bonchev–Trinajstić information content (AvgIpc) is 2.67. The summed E-state index contributed by atoms with van der Waals surface area (Å²) in [4.78, 5) is 25.2. The minimum Gasteiger partial charge on any atom is -0.493 e. The van der Waals surface area contributed by atoms with Crippen molar-refractivity contribution >= 4 is 23.2 Å². The molecule has 0 bridgehead atoms. The van der Waals surface area contributed by atoms with Gasteiger partial charge < -0.3 is 14.2 Å². The van der Waals surface area contributed by atoms with Gasteiger partial charge in [0.15, 0.2) is 11.5 Å². The number of hydrogen-bond acceptors (Lipinski definition) is 7. The van der Waals surface area contributed by atoms with Crippen LogP contribution in [0.2, 0.25) is 0 Å². The molecule has 1 amide bonds. The molecule has 0 spiro atoms. The first-order valence-electron chi connectivity index (χ1n) is 7.46. The predicted octanol–water partition coefficient (Wildman–Crippen LogP) is 4.30. The topological polar surface area (TPSA) is 149 Å². The number of nitro groups is 1. The van der Waals surface area contributed by atoms with E-state index in [0.29, 0.717) is 11.4 Å². The molecule has 11 heteroatoms. The largest absolute Gasteiger partial charge is 0.493 e. The van der Waals surface area contributed by atoms with Gasteiger partial charge >= 0.3 is 6.09 Å². The van der Waals surface area contributed by atoms with Crippen LogP contribution in [-0.4, -0.2) is 25.2 Å². The maximum atomic E-state index is 11.9. The fourth-order valence-electron chi connectivity index (χ4n) is 2.16. The lowest BCUT2D eigenvalue weighted by Gasteiger charge is -2.11. The van der Waals surface area contributed by atoms with Gasteiger partial charge in [-0.05, 0) is 23.7 Å². The van der Waals surface area contributed by atoms with Crippen LogP contribution in [-0.2, 0) is 11.3 Å². The molecule has 0 atom stereocenters. The van der Waals surface area contributed by atoms with E-state index in [1.807, 2.05) is 0 Å².